The molecule has 0 aliphatic rings. The van der Waals surface area contributed by atoms with Crippen LogP contribution in [0.3, 0.4) is 0 Å². The number of nitrogens with zero attached hydrogens (tertiary/aromatic N) is 1. The zero-order chi connectivity index (χ0) is 13.9. The van der Waals surface area contributed by atoms with Crippen LogP contribution >= 0.6 is 0 Å². The van der Waals surface area contributed by atoms with Crippen LogP contribution in [-0.2, 0) is 0 Å². The summed E-state index contributed by atoms with van der Waals surface area (Å²) in [5.74, 6) is -1.07. The minimum Gasteiger partial charge on any atom is -0.478 e. The van der Waals surface area contributed by atoms with Crippen molar-refractivity contribution < 1.29 is 14.7 Å². The van der Waals surface area contributed by atoms with Gasteiger partial charge >= 0.3 is 12.0 Å². The fraction of sp³-hybridized carbons (Fsp3) is 0.333. The Morgan fingerprint density at radius 3 is 2.33 bits per heavy atom. The normalized spacial score (nSPS) is 10.3. The number of amides is 2. The zero-order valence-corrected chi connectivity index (χ0v) is 10.9. The van der Waals surface area contributed by atoms with Crippen LogP contribution in [0.15, 0.2) is 12.1 Å². The van der Waals surface area contributed by atoms with E-state index >= 15 is 0 Å². The summed E-state index contributed by atoms with van der Waals surface area (Å²) in [5, 5.41) is 13.1. The minimum atomic E-state index is -1.07. The summed E-state index contributed by atoms with van der Waals surface area (Å²) in [7, 11) is 3.33. The van der Waals surface area contributed by atoms with E-state index in [0.29, 0.717) is 11.3 Å². The van der Waals surface area contributed by atoms with E-state index in [0.717, 1.165) is 5.56 Å². The van der Waals surface area contributed by atoms with Gasteiger partial charge in [-0.2, -0.15) is 0 Å². The number of carboxylic acids is 1. The quantitative estimate of drug-likeness (QED) is 0.713. The summed E-state index contributed by atoms with van der Waals surface area (Å²) in [6.07, 6.45) is 0. The van der Waals surface area contributed by atoms with Crippen molar-refractivity contribution in [2.75, 3.05) is 19.4 Å². The van der Waals surface area contributed by atoms with Crippen molar-refractivity contribution in [1.82, 2.24) is 10.4 Å². The van der Waals surface area contributed by atoms with Gasteiger partial charge < -0.3 is 10.4 Å². The predicted octanol–water partition coefficient (Wildman–Crippen LogP) is 1.60. The van der Waals surface area contributed by atoms with E-state index in [-0.39, 0.29) is 5.56 Å². The third kappa shape index (κ3) is 3.46. The number of aromatic carboxylic acids is 1. The van der Waals surface area contributed by atoms with Crippen molar-refractivity contribution in [3.05, 3.63) is 28.8 Å². The fourth-order valence-electron chi connectivity index (χ4n) is 1.65. The van der Waals surface area contributed by atoms with Gasteiger partial charge in [0.25, 0.3) is 0 Å². The van der Waals surface area contributed by atoms with Crippen LogP contribution in [0.25, 0.3) is 0 Å². The summed E-state index contributed by atoms with van der Waals surface area (Å²) >= 11 is 0. The van der Waals surface area contributed by atoms with Gasteiger partial charge in [-0.3, -0.25) is 5.43 Å². The second-order valence-corrected chi connectivity index (χ2v) is 4.27. The molecule has 0 aliphatic heterocycles. The molecule has 6 heteroatoms. The molecule has 0 spiro atoms. The van der Waals surface area contributed by atoms with E-state index in [9.17, 15) is 9.59 Å². The average molecular weight is 251 g/mol. The lowest BCUT2D eigenvalue weighted by Gasteiger charge is -2.16. The smallest absolute Gasteiger partial charge is 0.337 e. The van der Waals surface area contributed by atoms with Gasteiger partial charge in [0, 0.05) is 14.1 Å². The van der Waals surface area contributed by atoms with Gasteiger partial charge in [-0.25, -0.2) is 14.6 Å². The Bertz CT molecular complexity index is 484. The number of rotatable bonds is 3. The van der Waals surface area contributed by atoms with Crippen molar-refractivity contribution in [1.29, 1.82) is 0 Å². The van der Waals surface area contributed by atoms with E-state index in [1.54, 1.807) is 21.0 Å². The molecule has 98 valence electrons. The number of urea groups is 1. The summed E-state index contributed by atoms with van der Waals surface area (Å²) < 4.78 is 0. The van der Waals surface area contributed by atoms with E-state index in [1.807, 2.05) is 13.0 Å². The number of nitrogens with one attached hydrogen (secondary N) is 2. The highest BCUT2D eigenvalue weighted by atomic mass is 16.4. The summed E-state index contributed by atoms with van der Waals surface area (Å²) in [6.45, 7) is 3.56. The van der Waals surface area contributed by atoms with Crippen LogP contribution in [0.2, 0.25) is 0 Å². The third-order valence-electron chi connectivity index (χ3n) is 2.27. The van der Waals surface area contributed by atoms with Crippen LogP contribution in [0.1, 0.15) is 21.5 Å². The first-order valence-electron chi connectivity index (χ1n) is 5.40. The molecule has 0 radical (unpaired) electrons. The Labute approximate surface area is 106 Å². The van der Waals surface area contributed by atoms with Gasteiger partial charge in [-0.1, -0.05) is 6.07 Å². The molecular weight excluding hydrogens is 234 g/mol. The lowest BCUT2D eigenvalue weighted by molar-refractivity contribution is 0.0698. The summed E-state index contributed by atoms with van der Waals surface area (Å²) in [5.41, 5.74) is 4.43. The van der Waals surface area contributed by atoms with Crippen molar-refractivity contribution in [2.45, 2.75) is 13.8 Å². The van der Waals surface area contributed by atoms with Crippen molar-refractivity contribution in [3.63, 3.8) is 0 Å². The number of carbonyl (C=O) groups excluding carboxylic acids is 1. The number of hydrazine groups is 1. The Kier molecular flexibility index (Phi) is 4.28. The molecule has 1 aromatic carbocycles. The Balaban J connectivity index is 3.07. The molecule has 6 nitrogen and oxygen atoms in total. The molecule has 1 rings (SSSR count). The Morgan fingerprint density at radius 2 is 1.83 bits per heavy atom. The van der Waals surface area contributed by atoms with Crippen LogP contribution < -0.4 is 10.7 Å². The first-order valence-corrected chi connectivity index (χ1v) is 5.40. The lowest BCUT2D eigenvalue weighted by atomic mass is 10.0. The van der Waals surface area contributed by atoms with Gasteiger partial charge in [-0.05, 0) is 31.0 Å². The second kappa shape index (κ2) is 5.50. The number of carbonyl (C=O) groups is 2. The van der Waals surface area contributed by atoms with E-state index in [1.165, 1.54) is 11.1 Å². The number of hydrogen-bond donors (Lipinski definition) is 3. The molecule has 0 saturated heterocycles. The maximum absolute atomic E-state index is 11.6. The number of aryl methyl sites for hydroxylation is 2. The highest BCUT2D eigenvalue weighted by molar-refractivity contribution is 6.01. The third-order valence-corrected chi connectivity index (χ3v) is 2.27. The number of carboxylic acid groups (broad SMARTS) is 1. The van der Waals surface area contributed by atoms with Gasteiger partial charge in [-0.15, -0.1) is 0 Å². The molecule has 0 fully saturated rings. The lowest BCUT2D eigenvalue weighted by Crippen LogP contribution is -2.39. The SMILES string of the molecule is Cc1cc(C)c(NC(=O)NN(C)C)c(C(=O)O)c1. The Morgan fingerprint density at radius 1 is 1.22 bits per heavy atom. The van der Waals surface area contributed by atoms with Crippen LogP contribution in [-0.4, -0.2) is 36.2 Å². The molecule has 0 heterocycles. The van der Waals surface area contributed by atoms with Crippen LogP contribution in [0, 0.1) is 13.8 Å². The molecule has 0 aliphatic carbocycles. The molecule has 18 heavy (non-hydrogen) atoms. The molecule has 0 saturated carbocycles. The van der Waals surface area contributed by atoms with E-state index in [4.69, 9.17) is 5.11 Å². The maximum Gasteiger partial charge on any atom is 0.337 e. The van der Waals surface area contributed by atoms with Gasteiger partial charge in [0.1, 0.15) is 0 Å². The maximum atomic E-state index is 11.6. The molecule has 2 amide bonds. The molecule has 3 N–H and O–H groups in total. The predicted molar refractivity (Wildman–Crippen MR) is 68.7 cm³/mol. The van der Waals surface area contributed by atoms with Gasteiger partial charge in [0.15, 0.2) is 0 Å². The molecule has 0 bridgehead atoms. The van der Waals surface area contributed by atoms with E-state index in [2.05, 4.69) is 10.7 Å². The fourth-order valence-corrected chi connectivity index (χ4v) is 1.65. The first kappa shape index (κ1) is 14.0. The molecule has 0 atom stereocenters. The molecule has 0 aromatic heterocycles. The zero-order valence-electron chi connectivity index (χ0n) is 10.9. The van der Waals surface area contributed by atoms with Gasteiger partial charge in [0.2, 0.25) is 0 Å². The van der Waals surface area contributed by atoms with Gasteiger partial charge in [0.05, 0.1) is 11.3 Å². The minimum absolute atomic E-state index is 0.0846. The highest BCUT2D eigenvalue weighted by Gasteiger charge is 2.15. The van der Waals surface area contributed by atoms with Crippen LogP contribution in [0.5, 0.6) is 0 Å². The van der Waals surface area contributed by atoms with E-state index < -0.39 is 12.0 Å². The average Bonchev–Trinajstić information content (AvgIpc) is 2.20. The molecule has 1 aromatic rings. The topological polar surface area (TPSA) is 81.7 Å². The standard InChI is InChI=1S/C12H17N3O3/c1-7-5-8(2)10(9(6-7)11(16)17)13-12(18)14-15(3)4/h5-6H,1-4H3,(H,16,17)(H2,13,14,18). The highest BCUT2D eigenvalue weighted by Crippen LogP contribution is 2.22. The number of hydrogen-bond acceptors (Lipinski definition) is 3. The second-order valence-electron chi connectivity index (χ2n) is 4.27. The number of anilines is 1. The van der Waals surface area contributed by atoms with Crippen molar-refractivity contribution in [3.8, 4) is 0 Å². The number of benzene rings is 1. The van der Waals surface area contributed by atoms with Crippen molar-refractivity contribution >= 4 is 17.7 Å². The molecular formula is C12H17N3O3. The van der Waals surface area contributed by atoms with Crippen LogP contribution in [0.4, 0.5) is 10.5 Å². The summed E-state index contributed by atoms with van der Waals surface area (Å²) in [4.78, 5) is 22.7. The molecule has 0 unspecified atom stereocenters. The Hall–Kier alpha value is -2.08. The first-order chi connectivity index (χ1) is 8.31. The monoisotopic (exact) mass is 251 g/mol. The largest absolute Gasteiger partial charge is 0.478 e. The summed E-state index contributed by atoms with van der Waals surface area (Å²) in [6, 6.07) is 2.87. The van der Waals surface area contributed by atoms with Crippen molar-refractivity contribution in [2.24, 2.45) is 0 Å².